The summed E-state index contributed by atoms with van der Waals surface area (Å²) < 4.78 is 5.14. The molecule has 2 heteroatoms. The lowest BCUT2D eigenvalue weighted by atomic mass is 9.81. The first-order chi connectivity index (χ1) is 8.15. The summed E-state index contributed by atoms with van der Waals surface area (Å²) >= 11 is 0. The molecule has 0 amide bonds. The Labute approximate surface area is 102 Å². The Balaban J connectivity index is 1.81. The zero-order valence-corrected chi connectivity index (χ0v) is 10.5. The number of hydrogen-bond donors (Lipinski definition) is 0. The molecular weight excluding hydrogens is 212 g/mol. The summed E-state index contributed by atoms with van der Waals surface area (Å²) in [6.45, 7) is 4.29. The number of hydrogen-bond acceptors (Lipinski definition) is 2. The van der Waals surface area contributed by atoms with Gasteiger partial charge in [-0.2, -0.15) is 0 Å². The zero-order valence-electron chi connectivity index (χ0n) is 10.5. The summed E-state index contributed by atoms with van der Waals surface area (Å²) in [6, 6.07) is 0. The van der Waals surface area contributed by atoms with E-state index in [-0.39, 0.29) is 11.4 Å². The molecule has 0 aromatic heterocycles. The summed E-state index contributed by atoms with van der Waals surface area (Å²) in [6.07, 6.45) is 7.20. The number of carbonyl (C=O) groups excluding carboxylic acids is 1. The summed E-state index contributed by atoms with van der Waals surface area (Å²) in [4.78, 5) is 12.3. The van der Waals surface area contributed by atoms with Crippen LogP contribution in [0.15, 0.2) is 12.2 Å². The Bertz CT molecular complexity index is 427. The lowest BCUT2D eigenvalue weighted by Gasteiger charge is -2.23. The molecule has 0 N–H and O–H groups in total. The van der Waals surface area contributed by atoms with Gasteiger partial charge in [0, 0.05) is 0 Å². The van der Waals surface area contributed by atoms with E-state index in [0.29, 0.717) is 17.3 Å². The zero-order chi connectivity index (χ0) is 11.8. The first-order valence-corrected chi connectivity index (χ1v) is 6.92. The molecule has 5 unspecified atom stereocenters. The van der Waals surface area contributed by atoms with Crippen LogP contribution in [-0.2, 0) is 9.53 Å². The monoisotopic (exact) mass is 232 g/mol. The van der Waals surface area contributed by atoms with Crippen molar-refractivity contribution in [3.05, 3.63) is 12.2 Å². The van der Waals surface area contributed by atoms with E-state index >= 15 is 0 Å². The number of ether oxygens (including phenoxy) is 1. The van der Waals surface area contributed by atoms with E-state index in [1.807, 2.05) is 0 Å². The second kappa shape index (κ2) is 2.78. The molecule has 0 radical (unpaired) electrons. The van der Waals surface area contributed by atoms with Gasteiger partial charge in [-0.1, -0.05) is 12.2 Å². The second-order valence-corrected chi connectivity index (χ2v) is 6.68. The molecule has 5 atom stereocenters. The van der Waals surface area contributed by atoms with Crippen LogP contribution in [0, 0.1) is 28.6 Å². The van der Waals surface area contributed by atoms with Crippen molar-refractivity contribution in [1.29, 1.82) is 0 Å². The molecule has 2 nitrogen and oxygen atoms in total. The minimum atomic E-state index is -0.0676. The third-order valence-corrected chi connectivity index (χ3v) is 6.58. The third-order valence-electron chi connectivity index (χ3n) is 6.58. The average molecular weight is 232 g/mol. The van der Waals surface area contributed by atoms with Gasteiger partial charge in [-0.3, -0.25) is 4.79 Å². The molecule has 4 aliphatic carbocycles. The topological polar surface area (TPSA) is 26.3 Å². The Morgan fingerprint density at radius 1 is 1.47 bits per heavy atom. The van der Waals surface area contributed by atoms with Crippen molar-refractivity contribution in [2.45, 2.75) is 38.5 Å². The molecule has 4 rings (SSSR count). The molecule has 17 heavy (non-hydrogen) atoms. The van der Waals surface area contributed by atoms with Crippen molar-refractivity contribution in [2.75, 3.05) is 7.11 Å². The van der Waals surface area contributed by atoms with Gasteiger partial charge in [-0.25, -0.2) is 0 Å². The van der Waals surface area contributed by atoms with E-state index in [1.54, 1.807) is 7.11 Å². The molecule has 0 saturated heterocycles. The van der Waals surface area contributed by atoms with Crippen LogP contribution in [-0.4, -0.2) is 13.1 Å². The van der Waals surface area contributed by atoms with Crippen LogP contribution in [0.25, 0.3) is 0 Å². The maximum absolute atomic E-state index is 12.3. The van der Waals surface area contributed by atoms with Crippen molar-refractivity contribution in [3.8, 4) is 0 Å². The lowest BCUT2D eigenvalue weighted by molar-refractivity contribution is -0.150. The SMILES string of the molecule is C=C1CCC2CC3C1CCC31CC21C(=O)OC. The summed E-state index contributed by atoms with van der Waals surface area (Å²) in [5.41, 5.74) is 1.74. The van der Waals surface area contributed by atoms with E-state index in [4.69, 9.17) is 4.74 Å². The maximum atomic E-state index is 12.3. The first kappa shape index (κ1) is 10.2. The van der Waals surface area contributed by atoms with Gasteiger partial charge in [0.2, 0.25) is 0 Å². The minimum Gasteiger partial charge on any atom is -0.469 e. The molecule has 0 heterocycles. The van der Waals surface area contributed by atoms with Crippen LogP contribution in [0.1, 0.15) is 38.5 Å². The molecule has 4 fully saturated rings. The van der Waals surface area contributed by atoms with Gasteiger partial charge in [0.05, 0.1) is 12.5 Å². The highest BCUT2D eigenvalue weighted by molar-refractivity contribution is 5.83. The van der Waals surface area contributed by atoms with Crippen molar-refractivity contribution >= 4 is 5.97 Å². The Hall–Kier alpha value is -0.790. The highest BCUT2D eigenvalue weighted by atomic mass is 16.5. The van der Waals surface area contributed by atoms with Crippen molar-refractivity contribution in [1.82, 2.24) is 0 Å². The van der Waals surface area contributed by atoms with Crippen LogP contribution < -0.4 is 0 Å². The second-order valence-electron chi connectivity index (χ2n) is 6.68. The van der Waals surface area contributed by atoms with Crippen LogP contribution in [0.5, 0.6) is 0 Å². The van der Waals surface area contributed by atoms with Gasteiger partial charge in [-0.05, 0) is 61.7 Å². The molecule has 92 valence electrons. The average Bonchev–Trinajstić information content (AvgIpc) is 2.78. The Kier molecular flexibility index (Phi) is 1.66. The standard InChI is InChI=1S/C15H20O2/c1-9-3-4-10-7-12-11(9)5-6-14(12)8-15(10,14)13(16)17-2/h10-12H,1,3-8H2,2H3. The summed E-state index contributed by atoms with van der Waals surface area (Å²) in [7, 11) is 1.56. The molecule has 0 aromatic carbocycles. The molecule has 1 spiro atoms. The number of rotatable bonds is 1. The highest BCUT2D eigenvalue weighted by Crippen LogP contribution is 2.85. The van der Waals surface area contributed by atoms with E-state index in [0.717, 1.165) is 18.8 Å². The van der Waals surface area contributed by atoms with Crippen molar-refractivity contribution in [2.24, 2.45) is 28.6 Å². The van der Waals surface area contributed by atoms with Crippen LogP contribution in [0.4, 0.5) is 0 Å². The predicted molar refractivity (Wildman–Crippen MR) is 64.2 cm³/mol. The molecular formula is C15H20O2. The van der Waals surface area contributed by atoms with Gasteiger partial charge < -0.3 is 4.74 Å². The Morgan fingerprint density at radius 2 is 2.29 bits per heavy atom. The van der Waals surface area contributed by atoms with E-state index < -0.39 is 0 Å². The quantitative estimate of drug-likeness (QED) is 0.513. The van der Waals surface area contributed by atoms with E-state index in [1.165, 1.54) is 31.3 Å². The minimum absolute atomic E-state index is 0.0676. The van der Waals surface area contributed by atoms with E-state index in [9.17, 15) is 4.79 Å². The molecule has 2 bridgehead atoms. The smallest absolute Gasteiger partial charge is 0.312 e. The molecule has 4 saturated carbocycles. The molecule has 4 aliphatic rings. The predicted octanol–water partition coefficient (Wildman–Crippen LogP) is 2.93. The summed E-state index contributed by atoms with van der Waals surface area (Å²) in [5, 5.41) is 0. The number of esters is 1. The van der Waals surface area contributed by atoms with Gasteiger partial charge in [0.1, 0.15) is 0 Å². The van der Waals surface area contributed by atoms with Gasteiger partial charge in [-0.15, -0.1) is 0 Å². The molecule has 0 aromatic rings. The normalized spacial score (nSPS) is 54.2. The maximum Gasteiger partial charge on any atom is 0.312 e. The van der Waals surface area contributed by atoms with Gasteiger partial charge in [0.15, 0.2) is 0 Å². The number of carbonyl (C=O) groups is 1. The number of fused-ring (bicyclic) bond motifs is 2. The molecule has 0 aliphatic heterocycles. The highest BCUT2D eigenvalue weighted by Gasteiger charge is 2.84. The van der Waals surface area contributed by atoms with E-state index in [2.05, 4.69) is 6.58 Å². The third kappa shape index (κ3) is 0.871. The van der Waals surface area contributed by atoms with Crippen molar-refractivity contribution < 1.29 is 9.53 Å². The van der Waals surface area contributed by atoms with Crippen LogP contribution in [0.2, 0.25) is 0 Å². The van der Waals surface area contributed by atoms with Gasteiger partial charge in [0.25, 0.3) is 0 Å². The van der Waals surface area contributed by atoms with Crippen LogP contribution in [0.3, 0.4) is 0 Å². The number of methoxy groups -OCH3 is 1. The lowest BCUT2D eigenvalue weighted by Crippen LogP contribution is -2.28. The fourth-order valence-corrected chi connectivity index (χ4v) is 5.88. The van der Waals surface area contributed by atoms with Crippen molar-refractivity contribution in [3.63, 3.8) is 0 Å². The fraction of sp³-hybridized carbons (Fsp3) is 0.800. The Morgan fingerprint density at radius 3 is 3.06 bits per heavy atom. The summed E-state index contributed by atoms with van der Waals surface area (Å²) in [5.74, 6) is 2.15. The fourth-order valence-electron chi connectivity index (χ4n) is 5.88. The van der Waals surface area contributed by atoms with Crippen LogP contribution >= 0.6 is 0 Å². The number of allylic oxidation sites excluding steroid dienone is 1. The first-order valence-electron chi connectivity index (χ1n) is 6.92. The largest absolute Gasteiger partial charge is 0.469 e. The van der Waals surface area contributed by atoms with Gasteiger partial charge >= 0.3 is 5.97 Å².